The molecule has 4 nitrogen and oxygen atoms in total. The van der Waals surface area contributed by atoms with Crippen LogP contribution in [0.5, 0.6) is 0 Å². The van der Waals surface area contributed by atoms with Gasteiger partial charge in [-0.3, -0.25) is 4.90 Å². The van der Waals surface area contributed by atoms with Crippen molar-refractivity contribution in [2.45, 2.75) is 26.5 Å². The topological polar surface area (TPSA) is 38.8 Å². The van der Waals surface area contributed by atoms with Gasteiger partial charge in [0.05, 0.1) is 32.2 Å². The Kier molecular flexibility index (Phi) is 7.99. The van der Waals surface area contributed by atoms with E-state index in [1.54, 1.807) is 0 Å². The number of hydrogen-bond donors (Lipinski definition) is 0. The van der Waals surface area contributed by atoms with Gasteiger partial charge < -0.3 is 9.47 Å². The number of hydrogen-bond acceptors (Lipinski definition) is 3. The van der Waals surface area contributed by atoms with Gasteiger partial charge >= 0.3 is 6.09 Å². The average Bonchev–Trinajstić information content (AvgIpc) is 2.53. The third kappa shape index (κ3) is 5.35. The standard InChI is InChI=1S/C17H24ClNO3/c1-13(2)16(19(14(3)10-18)17(20)21-4)12-22-11-15-8-6-5-7-9-15/h5-9,13,16H,3,10-12H2,1-2,4H3/t16-/m1/s1. The van der Waals surface area contributed by atoms with Crippen LogP contribution < -0.4 is 0 Å². The molecule has 0 aliphatic rings. The Bertz CT molecular complexity index is 460. The molecule has 1 aromatic carbocycles. The fourth-order valence-electron chi connectivity index (χ4n) is 2.10. The Labute approximate surface area is 137 Å². The second kappa shape index (κ2) is 9.49. The Hall–Kier alpha value is -1.52. The van der Waals surface area contributed by atoms with E-state index in [9.17, 15) is 4.79 Å². The summed E-state index contributed by atoms with van der Waals surface area (Å²) in [6.07, 6.45) is -0.465. The molecule has 122 valence electrons. The minimum absolute atomic E-state index is 0.164. The van der Waals surface area contributed by atoms with Crippen molar-refractivity contribution in [1.29, 1.82) is 0 Å². The quantitative estimate of drug-likeness (QED) is 0.677. The van der Waals surface area contributed by atoms with E-state index in [0.717, 1.165) is 5.56 Å². The molecule has 0 radical (unpaired) electrons. The summed E-state index contributed by atoms with van der Waals surface area (Å²) < 4.78 is 10.6. The SMILES string of the molecule is C=C(CCl)N(C(=O)OC)[C@H](COCc1ccccc1)C(C)C. The van der Waals surface area contributed by atoms with Crippen LogP contribution in [0.15, 0.2) is 42.6 Å². The highest BCUT2D eigenvalue weighted by molar-refractivity contribution is 6.19. The zero-order chi connectivity index (χ0) is 16.5. The summed E-state index contributed by atoms with van der Waals surface area (Å²) in [7, 11) is 1.35. The van der Waals surface area contributed by atoms with Crippen molar-refractivity contribution in [1.82, 2.24) is 4.90 Å². The summed E-state index contributed by atoms with van der Waals surface area (Å²) >= 11 is 5.84. The molecular weight excluding hydrogens is 302 g/mol. The lowest BCUT2D eigenvalue weighted by Crippen LogP contribution is -2.45. The molecule has 0 heterocycles. The van der Waals surface area contributed by atoms with E-state index in [1.807, 2.05) is 44.2 Å². The Morgan fingerprint density at radius 2 is 1.95 bits per heavy atom. The predicted octanol–water partition coefficient (Wildman–Crippen LogP) is 4.05. The molecule has 0 aliphatic carbocycles. The maximum atomic E-state index is 12.0. The maximum absolute atomic E-state index is 12.0. The van der Waals surface area contributed by atoms with Gasteiger partial charge in [-0.15, -0.1) is 11.6 Å². The van der Waals surface area contributed by atoms with E-state index in [1.165, 1.54) is 12.0 Å². The van der Waals surface area contributed by atoms with Crippen molar-refractivity contribution in [2.24, 2.45) is 5.92 Å². The minimum atomic E-state index is -0.465. The third-order valence-electron chi connectivity index (χ3n) is 3.37. The normalized spacial score (nSPS) is 12.0. The largest absolute Gasteiger partial charge is 0.452 e. The van der Waals surface area contributed by atoms with Crippen molar-refractivity contribution in [2.75, 3.05) is 19.6 Å². The molecule has 5 heteroatoms. The number of allylic oxidation sites excluding steroid dienone is 1. The Morgan fingerprint density at radius 1 is 1.32 bits per heavy atom. The molecule has 0 N–H and O–H groups in total. The van der Waals surface area contributed by atoms with Crippen LogP contribution in [0.4, 0.5) is 4.79 Å². The smallest absolute Gasteiger partial charge is 0.414 e. The first-order chi connectivity index (χ1) is 10.5. The highest BCUT2D eigenvalue weighted by atomic mass is 35.5. The van der Waals surface area contributed by atoms with Gasteiger partial charge in [0.15, 0.2) is 0 Å². The molecular formula is C17H24ClNO3. The summed E-state index contributed by atoms with van der Waals surface area (Å²) in [5, 5.41) is 0. The van der Waals surface area contributed by atoms with Gasteiger partial charge in [0, 0.05) is 5.70 Å². The number of benzene rings is 1. The van der Waals surface area contributed by atoms with Crippen LogP contribution in [-0.4, -0.2) is 36.6 Å². The van der Waals surface area contributed by atoms with Crippen LogP contribution in [0.25, 0.3) is 0 Å². The lowest BCUT2D eigenvalue weighted by molar-refractivity contribution is 0.0405. The number of rotatable bonds is 8. The highest BCUT2D eigenvalue weighted by Crippen LogP contribution is 2.19. The second-order valence-corrected chi connectivity index (χ2v) is 5.62. The predicted molar refractivity (Wildman–Crippen MR) is 88.8 cm³/mol. The summed E-state index contributed by atoms with van der Waals surface area (Å²) in [6.45, 7) is 8.77. The molecule has 0 aromatic heterocycles. The zero-order valence-corrected chi connectivity index (χ0v) is 14.2. The van der Waals surface area contributed by atoms with Crippen LogP contribution >= 0.6 is 11.6 Å². The average molecular weight is 326 g/mol. The van der Waals surface area contributed by atoms with Gasteiger partial charge in [-0.05, 0) is 11.5 Å². The van der Waals surface area contributed by atoms with Gasteiger partial charge in [0.1, 0.15) is 0 Å². The Balaban J connectivity index is 2.73. The lowest BCUT2D eigenvalue weighted by Gasteiger charge is -2.33. The summed E-state index contributed by atoms with van der Waals surface area (Å²) in [6, 6.07) is 9.72. The molecule has 0 spiro atoms. The fraction of sp³-hybridized carbons (Fsp3) is 0.471. The number of ether oxygens (including phenoxy) is 2. The molecule has 0 saturated heterocycles. The second-order valence-electron chi connectivity index (χ2n) is 5.35. The summed E-state index contributed by atoms with van der Waals surface area (Å²) in [4.78, 5) is 13.5. The molecule has 0 fully saturated rings. The van der Waals surface area contributed by atoms with E-state index in [0.29, 0.717) is 18.9 Å². The monoisotopic (exact) mass is 325 g/mol. The maximum Gasteiger partial charge on any atom is 0.414 e. The molecule has 0 bridgehead atoms. The van der Waals surface area contributed by atoms with Crippen molar-refractivity contribution in [3.05, 3.63) is 48.2 Å². The number of carbonyl (C=O) groups is 1. The number of alkyl halides is 1. The van der Waals surface area contributed by atoms with Gasteiger partial charge in [0.25, 0.3) is 0 Å². The lowest BCUT2D eigenvalue weighted by atomic mass is 10.0. The number of methoxy groups -OCH3 is 1. The molecule has 22 heavy (non-hydrogen) atoms. The van der Waals surface area contributed by atoms with Gasteiger partial charge in [-0.1, -0.05) is 50.8 Å². The summed E-state index contributed by atoms with van der Waals surface area (Å²) in [5.41, 5.74) is 1.60. The van der Waals surface area contributed by atoms with E-state index in [4.69, 9.17) is 21.1 Å². The fourth-order valence-corrected chi connectivity index (χ4v) is 2.23. The van der Waals surface area contributed by atoms with Crippen molar-refractivity contribution in [3.63, 3.8) is 0 Å². The molecule has 1 atom stereocenters. The van der Waals surface area contributed by atoms with Crippen molar-refractivity contribution < 1.29 is 14.3 Å². The van der Waals surface area contributed by atoms with E-state index < -0.39 is 6.09 Å². The van der Waals surface area contributed by atoms with Crippen LogP contribution in [0, 0.1) is 5.92 Å². The molecule has 0 saturated carbocycles. The van der Waals surface area contributed by atoms with Crippen LogP contribution in [-0.2, 0) is 16.1 Å². The number of nitrogens with zero attached hydrogens (tertiary/aromatic N) is 1. The highest BCUT2D eigenvalue weighted by Gasteiger charge is 2.29. The minimum Gasteiger partial charge on any atom is -0.452 e. The first kappa shape index (κ1) is 18.5. The van der Waals surface area contributed by atoms with Crippen LogP contribution in [0.2, 0.25) is 0 Å². The van der Waals surface area contributed by atoms with Gasteiger partial charge in [-0.25, -0.2) is 4.79 Å². The molecule has 1 rings (SSSR count). The van der Waals surface area contributed by atoms with Crippen LogP contribution in [0.3, 0.4) is 0 Å². The zero-order valence-electron chi connectivity index (χ0n) is 13.4. The van der Waals surface area contributed by atoms with Crippen molar-refractivity contribution in [3.8, 4) is 0 Å². The number of halogens is 1. The van der Waals surface area contributed by atoms with Gasteiger partial charge in [-0.2, -0.15) is 0 Å². The van der Waals surface area contributed by atoms with E-state index in [-0.39, 0.29) is 17.8 Å². The van der Waals surface area contributed by atoms with Crippen LogP contribution in [0.1, 0.15) is 19.4 Å². The molecule has 1 amide bonds. The molecule has 0 unspecified atom stereocenters. The Morgan fingerprint density at radius 3 is 2.45 bits per heavy atom. The van der Waals surface area contributed by atoms with E-state index in [2.05, 4.69) is 6.58 Å². The first-order valence-electron chi connectivity index (χ1n) is 7.23. The van der Waals surface area contributed by atoms with Crippen molar-refractivity contribution >= 4 is 17.7 Å². The molecule has 0 aliphatic heterocycles. The van der Waals surface area contributed by atoms with E-state index >= 15 is 0 Å². The number of amides is 1. The first-order valence-corrected chi connectivity index (χ1v) is 7.77. The third-order valence-corrected chi connectivity index (χ3v) is 3.68. The molecule has 1 aromatic rings. The van der Waals surface area contributed by atoms with Gasteiger partial charge in [0.2, 0.25) is 0 Å². The number of carbonyl (C=O) groups excluding carboxylic acids is 1. The summed E-state index contributed by atoms with van der Waals surface area (Å²) in [5.74, 6) is 0.339.